The Labute approximate surface area is 340 Å². The molecule has 1 aliphatic rings. The zero-order valence-electron chi connectivity index (χ0n) is 36.4. The standard InChI is InChI=1S/C46H81N3O7/c1-6-9-12-15-18-21-24-27-30-33-39(50)47-44-37(4)36-49(46(53)48-44)45-43(56-41(52)35-32-29-26-23-20-17-14-11-8-3)42(38(5)54-45)55-40(51)34-31-28-25-22-19-16-13-10-7-2/h36,38,42-43,45H,6-35H2,1-5H3,(H,47,48,50,53)/t38-,42-,43-,45-/m1/s1. The van der Waals surface area contributed by atoms with Crippen LogP contribution in [-0.4, -0.2) is 45.7 Å². The molecule has 4 atom stereocenters. The summed E-state index contributed by atoms with van der Waals surface area (Å²) in [6.45, 7) is 10.2. The van der Waals surface area contributed by atoms with Gasteiger partial charge in [-0.15, -0.1) is 0 Å². The van der Waals surface area contributed by atoms with Crippen molar-refractivity contribution in [3.63, 3.8) is 0 Å². The Hall–Kier alpha value is -2.75. The highest BCUT2D eigenvalue weighted by Crippen LogP contribution is 2.34. The molecular formula is C46H81N3O7. The minimum Gasteiger partial charge on any atom is -0.455 e. The minimum atomic E-state index is -1.03. The minimum absolute atomic E-state index is 0.173. The van der Waals surface area contributed by atoms with Crippen molar-refractivity contribution >= 4 is 23.7 Å². The molecule has 0 radical (unpaired) electrons. The summed E-state index contributed by atoms with van der Waals surface area (Å²) in [6, 6.07) is 0. The summed E-state index contributed by atoms with van der Waals surface area (Å²) >= 11 is 0. The molecule has 10 nitrogen and oxygen atoms in total. The van der Waals surface area contributed by atoms with Gasteiger partial charge in [0.05, 0.1) is 6.10 Å². The van der Waals surface area contributed by atoms with Crippen molar-refractivity contribution < 1.29 is 28.6 Å². The zero-order valence-corrected chi connectivity index (χ0v) is 36.4. The lowest BCUT2D eigenvalue weighted by molar-refractivity contribution is -0.168. The molecule has 2 heterocycles. The van der Waals surface area contributed by atoms with Gasteiger partial charge >= 0.3 is 17.6 Å². The molecule has 10 heteroatoms. The van der Waals surface area contributed by atoms with E-state index in [2.05, 4.69) is 31.1 Å². The number of rotatable bonds is 34. The third-order valence-corrected chi connectivity index (χ3v) is 11.1. The van der Waals surface area contributed by atoms with Crippen LogP contribution in [-0.2, 0) is 28.6 Å². The molecule has 0 bridgehead atoms. The van der Waals surface area contributed by atoms with Crippen molar-refractivity contribution in [1.82, 2.24) is 9.55 Å². The molecule has 1 amide bonds. The molecule has 1 aliphatic heterocycles. The van der Waals surface area contributed by atoms with E-state index in [1.807, 2.05) is 0 Å². The number of carbonyl (C=O) groups excluding carboxylic acids is 3. The molecule has 0 spiro atoms. The van der Waals surface area contributed by atoms with Gasteiger partial charge in [0, 0.05) is 31.0 Å². The van der Waals surface area contributed by atoms with Crippen LogP contribution in [0.2, 0.25) is 0 Å². The first-order valence-electron chi connectivity index (χ1n) is 23.2. The van der Waals surface area contributed by atoms with E-state index in [9.17, 15) is 19.2 Å². The fraction of sp³-hybridized carbons (Fsp3) is 0.848. The Morgan fingerprint density at radius 3 is 1.41 bits per heavy atom. The van der Waals surface area contributed by atoms with E-state index in [4.69, 9.17) is 14.2 Å². The van der Waals surface area contributed by atoms with E-state index in [1.54, 1.807) is 20.0 Å². The van der Waals surface area contributed by atoms with Crippen LogP contribution in [0.25, 0.3) is 0 Å². The van der Waals surface area contributed by atoms with Gasteiger partial charge in [0.1, 0.15) is 5.82 Å². The summed E-state index contributed by atoms with van der Waals surface area (Å²) in [7, 11) is 0. The second-order valence-corrected chi connectivity index (χ2v) is 16.4. The van der Waals surface area contributed by atoms with Gasteiger partial charge in [-0.2, -0.15) is 4.98 Å². The number of esters is 2. The number of aromatic nitrogens is 2. The van der Waals surface area contributed by atoms with Gasteiger partial charge in [-0.05, 0) is 33.1 Å². The summed E-state index contributed by atoms with van der Waals surface area (Å²) in [5.74, 6) is -0.728. The van der Waals surface area contributed by atoms with Crippen molar-refractivity contribution in [2.24, 2.45) is 0 Å². The van der Waals surface area contributed by atoms with E-state index < -0.39 is 36.2 Å². The topological polar surface area (TPSA) is 126 Å². The van der Waals surface area contributed by atoms with E-state index in [0.29, 0.717) is 18.4 Å². The van der Waals surface area contributed by atoms with Crippen LogP contribution in [0.3, 0.4) is 0 Å². The molecule has 322 valence electrons. The lowest BCUT2D eigenvalue weighted by Gasteiger charge is -2.25. The van der Waals surface area contributed by atoms with Crippen molar-refractivity contribution in [3.8, 4) is 0 Å². The van der Waals surface area contributed by atoms with Crippen molar-refractivity contribution in [3.05, 3.63) is 22.2 Å². The molecule has 0 aromatic carbocycles. The summed E-state index contributed by atoms with van der Waals surface area (Å²) in [6.07, 6.45) is 29.8. The Morgan fingerprint density at radius 1 is 0.607 bits per heavy atom. The maximum Gasteiger partial charge on any atom is 0.351 e. The van der Waals surface area contributed by atoms with Gasteiger partial charge in [-0.1, -0.05) is 175 Å². The number of nitrogens with one attached hydrogen (secondary N) is 1. The van der Waals surface area contributed by atoms with E-state index >= 15 is 0 Å². The molecule has 1 aromatic rings. The Balaban J connectivity index is 2.00. The molecule has 56 heavy (non-hydrogen) atoms. The van der Waals surface area contributed by atoms with E-state index in [-0.39, 0.29) is 30.5 Å². The lowest BCUT2D eigenvalue weighted by atomic mass is 10.1. The number of aryl methyl sites for hydroxylation is 1. The quantitative estimate of drug-likeness (QED) is 0.0540. The number of hydrogen-bond acceptors (Lipinski definition) is 8. The fourth-order valence-electron chi connectivity index (χ4n) is 7.56. The Morgan fingerprint density at radius 2 is 0.982 bits per heavy atom. The molecule has 1 saturated heterocycles. The highest BCUT2D eigenvalue weighted by Gasteiger charge is 2.49. The summed E-state index contributed by atoms with van der Waals surface area (Å²) < 4.78 is 19.5. The smallest absolute Gasteiger partial charge is 0.351 e. The SMILES string of the molecule is CCCCCCCCCCCC(=O)Nc1nc(=O)n([C@@H]2O[C@H](C)[C@@H](OC(=O)CCCCCCCCCCC)[C@H]2OC(=O)CCCCCCCCCCC)cc1C. The van der Waals surface area contributed by atoms with Crippen LogP contribution >= 0.6 is 0 Å². The Bertz CT molecular complexity index is 1270. The van der Waals surface area contributed by atoms with Gasteiger partial charge in [0.2, 0.25) is 5.91 Å². The summed E-state index contributed by atoms with van der Waals surface area (Å²) in [4.78, 5) is 56.8. The average Bonchev–Trinajstić information content (AvgIpc) is 3.46. The number of ether oxygens (including phenoxy) is 3. The molecular weight excluding hydrogens is 707 g/mol. The highest BCUT2D eigenvalue weighted by atomic mass is 16.6. The fourth-order valence-corrected chi connectivity index (χ4v) is 7.56. The molecule has 0 saturated carbocycles. The van der Waals surface area contributed by atoms with Gasteiger partial charge in [0.15, 0.2) is 18.4 Å². The van der Waals surface area contributed by atoms with Gasteiger partial charge in [-0.25, -0.2) is 4.79 Å². The second kappa shape index (κ2) is 31.3. The summed E-state index contributed by atoms with van der Waals surface area (Å²) in [5, 5.41) is 2.82. The largest absolute Gasteiger partial charge is 0.455 e. The van der Waals surface area contributed by atoms with Crippen LogP contribution in [0.4, 0.5) is 5.82 Å². The molecule has 1 aromatic heterocycles. The van der Waals surface area contributed by atoms with Gasteiger partial charge in [0.25, 0.3) is 0 Å². The number of nitrogens with zero attached hydrogens (tertiary/aromatic N) is 2. The molecule has 1 fully saturated rings. The van der Waals surface area contributed by atoms with Crippen LogP contribution < -0.4 is 11.0 Å². The van der Waals surface area contributed by atoms with E-state index in [0.717, 1.165) is 57.8 Å². The lowest BCUT2D eigenvalue weighted by Crippen LogP contribution is -2.41. The van der Waals surface area contributed by atoms with Crippen LogP contribution in [0.15, 0.2) is 11.0 Å². The molecule has 0 aliphatic carbocycles. The number of hydrogen-bond donors (Lipinski definition) is 1. The average molecular weight is 788 g/mol. The predicted molar refractivity (Wildman–Crippen MR) is 227 cm³/mol. The van der Waals surface area contributed by atoms with Gasteiger partial charge in [-0.3, -0.25) is 19.0 Å². The third kappa shape index (κ3) is 21.1. The monoisotopic (exact) mass is 788 g/mol. The van der Waals surface area contributed by atoms with Gasteiger partial charge < -0.3 is 19.5 Å². The van der Waals surface area contributed by atoms with Crippen LogP contribution in [0, 0.1) is 6.92 Å². The Kier molecular flexibility index (Phi) is 27.6. The second-order valence-electron chi connectivity index (χ2n) is 16.4. The van der Waals surface area contributed by atoms with Crippen molar-refractivity contribution in [2.75, 3.05) is 5.32 Å². The maximum absolute atomic E-state index is 13.5. The normalized spacial score (nSPS) is 17.9. The summed E-state index contributed by atoms with van der Waals surface area (Å²) in [5.41, 5.74) is -0.0697. The first kappa shape index (κ1) is 49.4. The maximum atomic E-state index is 13.5. The van der Waals surface area contributed by atoms with Crippen molar-refractivity contribution in [1.29, 1.82) is 0 Å². The third-order valence-electron chi connectivity index (χ3n) is 11.1. The molecule has 1 N–H and O–H groups in total. The van der Waals surface area contributed by atoms with Crippen LogP contribution in [0.1, 0.15) is 232 Å². The van der Waals surface area contributed by atoms with Crippen LogP contribution in [0.5, 0.6) is 0 Å². The predicted octanol–water partition coefficient (Wildman–Crippen LogP) is 12.0. The number of carbonyl (C=O) groups is 3. The zero-order chi connectivity index (χ0) is 40.8. The highest BCUT2D eigenvalue weighted by molar-refractivity contribution is 5.90. The van der Waals surface area contributed by atoms with E-state index in [1.165, 1.54) is 114 Å². The number of unbranched alkanes of at least 4 members (excludes halogenated alkanes) is 24. The number of amides is 1. The van der Waals surface area contributed by atoms with Crippen molar-refractivity contribution in [2.45, 2.75) is 252 Å². The molecule has 2 rings (SSSR count). The first-order chi connectivity index (χ1) is 27.2. The molecule has 0 unspecified atom stereocenters. The first-order valence-corrected chi connectivity index (χ1v) is 23.2. The number of anilines is 1.